The third-order valence-corrected chi connectivity index (χ3v) is 5.04. The first kappa shape index (κ1) is 15.0. The van der Waals surface area contributed by atoms with Crippen LogP contribution >= 0.6 is 0 Å². The van der Waals surface area contributed by atoms with E-state index in [1.807, 2.05) is 0 Å². The van der Waals surface area contributed by atoms with Gasteiger partial charge in [-0.3, -0.25) is 0 Å². The van der Waals surface area contributed by atoms with Crippen LogP contribution in [-0.2, 0) is 0 Å². The molecule has 0 aliphatic rings. The van der Waals surface area contributed by atoms with Crippen LogP contribution in [0.2, 0.25) is 0 Å². The van der Waals surface area contributed by atoms with Gasteiger partial charge in [0.15, 0.2) is 0 Å². The summed E-state index contributed by atoms with van der Waals surface area (Å²) < 4.78 is 2.38. The summed E-state index contributed by atoms with van der Waals surface area (Å²) in [5, 5.41) is 2.60. The van der Waals surface area contributed by atoms with Crippen LogP contribution < -0.4 is 5.46 Å². The smallest absolute Gasteiger partial charge is 0.139 e. The second-order valence-corrected chi connectivity index (χ2v) is 6.79. The molecule has 0 unspecified atom stereocenters. The van der Waals surface area contributed by atoms with E-state index in [9.17, 15) is 0 Å². The van der Waals surface area contributed by atoms with Gasteiger partial charge >= 0.3 is 0 Å². The lowest BCUT2D eigenvalue weighted by Gasteiger charge is -2.10. The summed E-state index contributed by atoms with van der Waals surface area (Å²) in [6.45, 7) is 0. The van der Waals surface area contributed by atoms with Crippen LogP contribution in [0.25, 0.3) is 38.6 Å². The molecule has 0 saturated carbocycles. The first-order chi connectivity index (χ1) is 12.8. The van der Waals surface area contributed by atoms with Gasteiger partial charge in [-0.25, -0.2) is 0 Å². The van der Waals surface area contributed by atoms with E-state index in [0.717, 1.165) is 0 Å². The van der Waals surface area contributed by atoms with E-state index in [-0.39, 0.29) is 0 Å². The Morgan fingerprint density at radius 1 is 0.538 bits per heavy atom. The summed E-state index contributed by atoms with van der Waals surface area (Å²) in [6, 6.07) is 34.7. The number of hydrogen-bond acceptors (Lipinski definition) is 0. The molecule has 0 atom stereocenters. The second kappa shape index (κ2) is 5.92. The molecule has 1 heterocycles. The van der Waals surface area contributed by atoms with Crippen LogP contribution in [0.1, 0.15) is 0 Å². The third-order valence-electron chi connectivity index (χ3n) is 5.04. The van der Waals surface area contributed by atoms with E-state index < -0.39 is 0 Å². The number of hydrogen-bond donors (Lipinski definition) is 0. The number of nitrogens with zero attached hydrogens (tertiary/aromatic N) is 1. The zero-order valence-electron chi connectivity index (χ0n) is 14.7. The Kier molecular flexibility index (Phi) is 3.43. The summed E-state index contributed by atoms with van der Waals surface area (Å²) in [4.78, 5) is 0. The zero-order chi connectivity index (χ0) is 17.5. The lowest BCUT2D eigenvalue weighted by Crippen LogP contribution is -2.02. The SMILES string of the molecule is Bc1ccc2c3ccccc3n(-c3cccc(-c4ccccc4)c3)c2c1. The molecular formula is C24H18BN. The summed E-state index contributed by atoms with van der Waals surface area (Å²) >= 11 is 0. The van der Waals surface area contributed by atoms with Crippen molar-refractivity contribution in [1.82, 2.24) is 4.57 Å². The van der Waals surface area contributed by atoms with Gasteiger partial charge in [-0.2, -0.15) is 0 Å². The molecule has 122 valence electrons. The fraction of sp³-hybridized carbons (Fsp3) is 0. The van der Waals surface area contributed by atoms with Crippen LogP contribution in [0.5, 0.6) is 0 Å². The van der Waals surface area contributed by atoms with Crippen LogP contribution in [0.3, 0.4) is 0 Å². The van der Waals surface area contributed by atoms with Gasteiger partial charge in [0.05, 0.1) is 11.0 Å². The number of para-hydroxylation sites is 1. The van der Waals surface area contributed by atoms with Crippen molar-refractivity contribution in [1.29, 1.82) is 0 Å². The van der Waals surface area contributed by atoms with E-state index in [1.165, 1.54) is 44.1 Å². The van der Waals surface area contributed by atoms with Crippen LogP contribution in [0.15, 0.2) is 97.1 Å². The standard InChI is InChI=1S/C24H18BN/c25-19-13-14-22-21-11-4-5-12-23(21)26(24(22)16-19)20-10-6-9-18(15-20)17-7-2-1-3-8-17/h1-16H,25H2. The number of benzene rings is 4. The Bertz CT molecular complexity index is 1240. The molecule has 0 spiro atoms. The molecule has 5 aromatic rings. The third kappa shape index (κ3) is 2.34. The van der Waals surface area contributed by atoms with Gasteiger partial charge in [-0.05, 0) is 35.4 Å². The average molecular weight is 331 g/mol. The van der Waals surface area contributed by atoms with Gasteiger partial charge in [0.1, 0.15) is 7.85 Å². The highest BCUT2D eigenvalue weighted by atomic mass is 15.0. The van der Waals surface area contributed by atoms with Gasteiger partial charge in [-0.1, -0.05) is 78.3 Å². The quantitative estimate of drug-likeness (QED) is 0.413. The van der Waals surface area contributed by atoms with Crippen molar-refractivity contribution in [3.63, 3.8) is 0 Å². The van der Waals surface area contributed by atoms with Crippen molar-refractivity contribution in [3.8, 4) is 16.8 Å². The highest BCUT2D eigenvalue weighted by molar-refractivity contribution is 6.33. The van der Waals surface area contributed by atoms with E-state index >= 15 is 0 Å². The van der Waals surface area contributed by atoms with Crippen molar-refractivity contribution in [2.75, 3.05) is 0 Å². The highest BCUT2D eigenvalue weighted by Gasteiger charge is 2.12. The van der Waals surface area contributed by atoms with Crippen molar-refractivity contribution >= 4 is 35.1 Å². The molecule has 0 saturated heterocycles. The molecule has 1 aromatic heterocycles. The molecule has 5 rings (SSSR count). The van der Waals surface area contributed by atoms with E-state index in [4.69, 9.17) is 0 Å². The van der Waals surface area contributed by atoms with Gasteiger partial charge in [0.2, 0.25) is 0 Å². The lowest BCUT2D eigenvalue weighted by molar-refractivity contribution is 1.18. The molecule has 0 amide bonds. The maximum absolute atomic E-state index is 2.38. The summed E-state index contributed by atoms with van der Waals surface area (Å²) in [5.74, 6) is 0. The molecule has 26 heavy (non-hydrogen) atoms. The first-order valence-electron chi connectivity index (χ1n) is 8.97. The van der Waals surface area contributed by atoms with E-state index in [0.29, 0.717) is 0 Å². The predicted octanol–water partition coefficient (Wildman–Crippen LogP) is 4.71. The van der Waals surface area contributed by atoms with Crippen LogP contribution in [0, 0.1) is 0 Å². The molecule has 0 N–H and O–H groups in total. The Labute approximate surface area is 153 Å². The lowest BCUT2D eigenvalue weighted by atomic mass is 9.95. The van der Waals surface area contributed by atoms with Crippen molar-refractivity contribution in [2.45, 2.75) is 0 Å². The number of fused-ring (bicyclic) bond motifs is 3. The summed E-state index contributed by atoms with van der Waals surface area (Å²) in [7, 11) is 2.15. The Morgan fingerprint density at radius 3 is 2.15 bits per heavy atom. The Hall–Kier alpha value is -3.26. The molecule has 0 radical (unpaired) electrons. The van der Waals surface area contributed by atoms with Gasteiger partial charge in [0, 0.05) is 16.5 Å². The van der Waals surface area contributed by atoms with Gasteiger partial charge in [0.25, 0.3) is 0 Å². The second-order valence-electron chi connectivity index (χ2n) is 6.79. The monoisotopic (exact) mass is 331 g/mol. The maximum atomic E-state index is 2.38. The normalized spacial score (nSPS) is 11.2. The molecule has 0 aliphatic heterocycles. The van der Waals surface area contributed by atoms with Crippen molar-refractivity contribution in [2.24, 2.45) is 0 Å². The fourth-order valence-corrected chi connectivity index (χ4v) is 3.81. The van der Waals surface area contributed by atoms with Crippen LogP contribution in [0.4, 0.5) is 0 Å². The van der Waals surface area contributed by atoms with E-state index in [2.05, 4.69) is 109 Å². The van der Waals surface area contributed by atoms with E-state index in [1.54, 1.807) is 0 Å². The minimum atomic E-state index is 1.20. The Morgan fingerprint density at radius 2 is 1.27 bits per heavy atom. The predicted molar refractivity (Wildman–Crippen MR) is 114 cm³/mol. The molecular weight excluding hydrogens is 313 g/mol. The first-order valence-corrected chi connectivity index (χ1v) is 8.97. The number of aromatic nitrogens is 1. The fourth-order valence-electron chi connectivity index (χ4n) is 3.81. The molecule has 4 aromatic carbocycles. The van der Waals surface area contributed by atoms with Crippen LogP contribution in [-0.4, -0.2) is 12.4 Å². The highest BCUT2D eigenvalue weighted by Crippen LogP contribution is 2.32. The number of rotatable bonds is 2. The largest absolute Gasteiger partial charge is 0.309 e. The molecule has 0 fully saturated rings. The van der Waals surface area contributed by atoms with Gasteiger partial charge in [-0.15, -0.1) is 0 Å². The maximum Gasteiger partial charge on any atom is 0.139 e. The topological polar surface area (TPSA) is 4.93 Å². The van der Waals surface area contributed by atoms with Crippen molar-refractivity contribution in [3.05, 3.63) is 97.1 Å². The minimum absolute atomic E-state index is 1.20. The molecule has 0 aliphatic carbocycles. The molecule has 2 heteroatoms. The summed E-state index contributed by atoms with van der Waals surface area (Å²) in [5.41, 5.74) is 7.46. The molecule has 1 nitrogen and oxygen atoms in total. The van der Waals surface area contributed by atoms with Crippen molar-refractivity contribution < 1.29 is 0 Å². The average Bonchev–Trinajstić information content (AvgIpc) is 3.02. The van der Waals surface area contributed by atoms with Gasteiger partial charge < -0.3 is 4.57 Å². The minimum Gasteiger partial charge on any atom is -0.309 e. The Balaban J connectivity index is 1.83. The molecule has 0 bridgehead atoms. The zero-order valence-corrected chi connectivity index (χ0v) is 14.7. The summed E-state index contributed by atoms with van der Waals surface area (Å²) in [6.07, 6.45) is 0.